The fourth-order valence-electron chi connectivity index (χ4n) is 3.86. The van der Waals surface area contributed by atoms with Gasteiger partial charge in [0.15, 0.2) is 0 Å². The number of carbonyl (C=O) groups excluding carboxylic acids is 2. The molecule has 0 aromatic heterocycles. The molecule has 0 N–H and O–H groups in total. The summed E-state index contributed by atoms with van der Waals surface area (Å²) in [5.41, 5.74) is 4.19. The average Bonchev–Trinajstić information content (AvgIpc) is 3.13. The zero-order chi connectivity index (χ0) is 18.8. The van der Waals surface area contributed by atoms with Crippen molar-refractivity contribution in [2.75, 3.05) is 44.2 Å². The Morgan fingerprint density at radius 1 is 0.889 bits per heavy atom. The van der Waals surface area contributed by atoms with Gasteiger partial charge in [-0.25, -0.2) is 0 Å². The van der Waals surface area contributed by atoms with Gasteiger partial charge in [-0.1, -0.05) is 35.9 Å². The molecule has 0 spiro atoms. The number of piperazine rings is 1. The Bertz CT molecular complexity index is 839. The number of aryl methyl sites for hydroxylation is 1. The number of rotatable bonds is 3. The predicted octanol–water partition coefficient (Wildman–Crippen LogP) is 2.34. The fraction of sp³-hybridized carbons (Fsp3) is 0.364. The average molecular weight is 363 g/mol. The summed E-state index contributed by atoms with van der Waals surface area (Å²) in [6, 6.07) is 15.8. The van der Waals surface area contributed by atoms with Crippen molar-refractivity contribution >= 4 is 17.5 Å². The number of hydrogen-bond donors (Lipinski definition) is 0. The smallest absolute Gasteiger partial charge is 0.253 e. The normalized spacial score (nSPS) is 17.1. The Hall–Kier alpha value is -2.66. The van der Waals surface area contributed by atoms with E-state index < -0.39 is 0 Å². The highest BCUT2D eigenvalue weighted by Crippen LogP contribution is 2.27. The number of para-hydroxylation sites is 1. The van der Waals surface area contributed by atoms with E-state index in [1.165, 1.54) is 5.56 Å². The highest BCUT2D eigenvalue weighted by molar-refractivity contribution is 5.97. The number of carbonyl (C=O) groups is 2. The Morgan fingerprint density at radius 2 is 1.59 bits per heavy atom. The molecule has 0 atom stereocenters. The number of amides is 2. The summed E-state index contributed by atoms with van der Waals surface area (Å²) < 4.78 is 0. The molecule has 4 rings (SSSR count). The van der Waals surface area contributed by atoms with Crippen LogP contribution in [-0.2, 0) is 11.2 Å². The maximum absolute atomic E-state index is 12.7. The number of anilines is 1. The first-order chi connectivity index (χ1) is 13.1. The zero-order valence-electron chi connectivity index (χ0n) is 15.7. The van der Waals surface area contributed by atoms with Crippen molar-refractivity contribution in [1.82, 2.24) is 9.80 Å². The molecule has 0 unspecified atom stereocenters. The maximum Gasteiger partial charge on any atom is 0.253 e. The highest BCUT2D eigenvalue weighted by Gasteiger charge is 2.28. The fourth-order valence-corrected chi connectivity index (χ4v) is 3.86. The molecule has 0 radical (unpaired) electrons. The quantitative estimate of drug-likeness (QED) is 0.841. The standard InChI is InChI=1S/C22H25N3O2/c1-17-6-8-19(9-7-17)22(27)24-14-12-23(13-15-24)16-21(26)25-11-10-18-4-2-3-5-20(18)25/h2-9H,10-16H2,1H3. The minimum atomic E-state index is 0.0782. The van der Waals surface area contributed by atoms with E-state index in [1.54, 1.807) is 0 Å². The molecule has 0 saturated carbocycles. The van der Waals surface area contributed by atoms with Gasteiger partial charge in [-0.15, -0.1) is 0 Å². The molecular formula is C22H25N3O2. The topological polar surface area (TPSA) is 43.9 Å². The van der Waals surface area contributed by atoms with Crippen molar-refractivity contribution in [3.63, 3.8) is 0 Å². The van der Waals surface area contributed by atoms with Crippen LogP contribution in [0.2, 0.25) is 0 Å². The molecule has 5 heteroatoms. The van der Waals surface area contributed by atoms with Gasteiger partial charge in [-0.05, 0) is 37.1 Å². The van der Waals surface area contributed by atoms with Crippen LogP contribution in [0.4, 0.5) is 5.69 Å². The van der Waals surface area contributed by atoms with E-state index in [1.807, 2.05) is 59.2 Å². The van der Waals surface area contributed by atoms with Crippen LogP contribution < -0.4 is 4.90 Å². The molecule has 0 aliphatic carbocycles. The maximum atomic E-state index is 12.7. The van der Waals surface area contributed by atoms with E-state index in [-0.39, 0.29) is 11.8 Å². The van der Waals surface area contributed by atoms with Crippen LogP contribution in [0.25, 0.3) is 0 Å². The Kier molecular flexibility index (Phi) is 4.94. The van der Waals surface area contributed by atoms with E-state index in [0.29, 0.717) is 19.6 Å². The van der Waals surface area contributed by atoms with Crippen molar-refractivity contribution in [3.05, 3.63) is 65.2 Å². The highest BCUT2D eigenvalue weighted by atomic mass is 16.2. The molecule has 2 amide bonds. The molecule has 140 valence electrons. The number of nitrogens with zero attached hydrogens (tertiary/aromatic N) is 3. The van der Waals surface area contributed by atoms with Crippen LogP contribution in [0.3, 0.4) is 0 Å². The minimum Gasteiger partial charge on any atom is -0.336 e. The summed E-state index contributed by atoms with van der Waals surface area (Å²) in [5, 5.41) is 0. The third-order valence-electron chi connectivity index (χ3n) is 5.51. The van der Waals surface area contributed by atoms with Crippen LogP contribution in [0, 0.1) is 6.92 Å². The van der Waals surface area contributed by atoms with Gasteiger partial charge in [0.1, 0.15) is 0 Å². The molecule has 5 nitrogen and oxygen atoms in total. The van der Waals surface area contributed by atoms with Gasteiger partial charge in [0.2, 0.25) is 5.91 Å². The van der Waals surface area contributed by atoms with Crippen molar-refractivity contribution < 1.29 is 9.59 Å². The molecule has 1 fully saturated rings. The first-order valence-corrected chi connectivity index (χ1v) is 9.58. The van der Waals surface area contributed by atoms with Crippen LogP contribution in [-0.4, -0.2) is 60.9 Å². The Labute approximate surface area is 160 Å². The lowest BCUT2D eigenvalue weighted by atomic mass is 10.1. The third kappa shape index (κ3) is 3.74. The van der Waals surface area contributed by atoms with Gasteiger partial charge in [0, 0.05) is 44.0 Å². The summed E-state index contributed by atoms with van der Waals surface area (Å²) in [6.07, 6.45) is 0.931. The number of fused-ring (bicyclic) bond motifs is 1. The summed E-state index contributed by atoms with van der Waals surface area (Å²) in [7, 11) is 0. The molecule has 1 saturated heterocycles. The minimum absolute atomic E-state index is 0.0782. The lowest BCUT2D eigenvalue weighted by Crippen LogP contribution is -2.51. The van der Waals surface area contributed by atoms with Crippen LogP contribution in [0.15, 0.2) is 48.5 Å². The predicted molar refractivity (Wildman–Crippen MR) is 106 cm³/mol. The number of hydrogen-bond acceptors (Lipinski definition) is 3. The monoisotopic (exact) mass is 363 g/mol. The van der Waals surface area contributed by atoms with Gasteiger partial charge in [0.25, 0.3) is 5.91 Å². The molecule has 2 aliphatic heterocycles. The molecule has 2 aromatic carbocycles. The van der Waals surface area contributed by atoms with Gasteiger partial charge >= 0.3 is 0 Å². The van der Waals surface area contributed by atoms with Gasteiger partial charge in [-0.3, -0.25) is 14.5 Å². The Morgan fingerprint density at radius 3 is 2.33 bits per heavy atom. The van der Waals surface area contributed by atoms with Crippen molar-refractivity contribution in [3.8, 4) is 0 Å². The van der Waals surface area contributed by atoms with Crippen LogP contribution >= 0.6 is 0 Å². The summed E-state index contributed by atoms with van der Waals surface area (Å²) in [5.74, 6) is 0.229. The summed E-state index contributed by atoms with van der Waals surface area (Å²) >= 11 is 0. The SMILES string of the molecule is Cc1ccc(C(=O)N2CCN(CC(=O)N3CCc4ccccc43)CC2)cc1. The second-order valence-corrected chi connectivity index (χ2v) is 7.36. The van der Waals surface area contributed by atoms with Crippen molar-refractivity contribution in [2.24, 2.45) is 0 Å². The van der Waals surface area contributed by atoms with E-state index >= 15 is 0 Å². The second-order valence-electron chi connectivity index (χ2n) is 7.36. The second kappa shape index (κ2) is 7.53. The first kappa shape index (κ1) is 17.7. The summed E-state index contributed by atoms with van der Waals surface area (Å²) in [6.45, 7) is 6.00. The molecular weight excluding hydrogens is 338 g/mol. The lowest BCUT2D eigenvalue weighted by Gasteiger charge is -2.35. The number of benzene rings is 2. The van der Waals surface area contributed by atoms with E-state index in [9.17, 15) is 9.59 Å². The van der Waals surface area contributed by atoms with E-state index in [4.69, 9.17) is 0 Å². The van der Waals surface area contributed by atoms with E-state index in [2.05, 4.69) is 11.0 Å². The van der Waals surface area contributed by atoms with Gasteiger partial charge < -0.3 is 9.80 Å². The van der Waals surface area contributed by atoms with Gasteiger partial charge in [-0.2, -0.15) is 0 Å². The lowest BCUT2D eigenvalue weighted by molar-refractivity contribution is -0.120. The molecule has 0 bridgehead atoms. The molecule has 27 heavy (non-hydrogen) atoms. The summed E-state index contributed by atoms with van der Waals surface area (Å²) in [4.78, 5) is 31.3. The molecule has 2 heterocycles. The van der Waals surface area contributed by atoms with Crippen LogP contribution in [0.5, 0.6) is 0 Å². The largest absolute Gasteiger partial charge is 0.336 e. The van der Waals surface area contributed by atoms with Crippen molar-refractivity contribution in [2.45, 2.75) is 13.3 Å². The van der Waals surface area contributed by atoms with Crippen LogP contribution in [0.1, 0.15) is 21.5 Å². The molecule has 2 aromatic rings. The molecule has 2 aliphatic rings. The first-order valence-electron chi connectivity index (χ1n) is 9.58. The zero-order valence-corrected chi connectivity index (χ0v) is 15.7. The van der Waals surface area contributed by atoms with Crippen molar-refractivity contribution in [1.29, 1.82) is 0 Å². The Balaban J connectivity index is 1.31. The third-order valence-corrected chi connectivity index (χ3v) is 5.51. The van der Waals surface area contributed by atoms with E-state index in [0.717, 1.165) is 42.9 Å². The van der Waals surface area contributed by atoms with Gasteiger partial charge in [0.05, 0.1) is 6.54 Å².